The number of imidazole rings is 1. The SMILES string of the molecule is C/C=C\c1c(CC)ncn1C. The third-order valence-corrected chi connectivity index (χ3v) is 1.72. The second-order valence-corrected chi connectivity index (χ2v) is 2.54. The molecule has 0 atom stereocenters. The summed E-state index contributed by atoms with van der Waals surface area (Å²) < 4.78 is 2.04. The minimum Gasteiger partial charge on any atom is -0.334 e. The van der Waals surface area contributed by atoms with E-state index in [0.717, 1.165) is 6.42 Å². The summed E-state index contributed by atoms with van der Waals surface area (Å²) in [6.45, 7) is 4.14. The van der Waals surface area contributed by atoms with Gasteiger partial charge in [-0.2, -0.15) is 0 Å². The Morgan fingerprint density at radius 3 is 2.91 bits per heavy atom. The molecule has 0 aliphatic heterocycles. The summed E-state index contributed by atoms with van der Waals surface area (Å²) in [5.41, 5.74) is 2.39. The highest BCUT2D eigenvalue weighted by Crippen LogP contribution is 2.08. The fourth-order valence-corrected chi connectivity index (χ4v) is 1.13. The van der Waals surface area contributed by atoms with Crippen LogP contribution in [-0.4, -0.2) is 9.55 Å². The molecule has 0 N–H and O–H groups in total. The topological polar surface area (TPSA) is 17.8 Å². The highest BCUT2D eigenvalue weighted by atomic mass is 15.0. The first-order valence-corrected chi connectivity index (χ1v) is 3.92. The highest BCUT2D eigenvalue weighted by molar-refractivity contribution is 5.47. The third kappa shape index (κ3) is 1.50. The molecule has 0 unspecified atom stereocenters. The number of rotatable bonds is 2. The Bertz CT molecular complexity index is 259. The summed E-state index contributed by atoms with van der Waals surface area (Å²) in [5, 5.41) is 0. The van der Waals surface area contributed by atoms with Crippen molar-refractivity contribution in [3.8, 4) is 0 Å². The number of hydrogen-bond acceptors (Lipinski definition) is 1. The predicted molar refractivity (Wildman–Crippen MR) is 47.3 cm³/mol. The van der Waals surface area contributed by atoms with Crippen LogP contribution in [0.3, 0.4) is 0 Å². The highest BCUT2D eigenvalue weighted by Gasteiger charge is 2.01. The Morgan fingerprint density at radius 2 is 2.36 bits per heavy atom. The van der Waals surface area contributed by atoms with Crippen molar-refractivity contribution in [2.24, 2.45) is 7.05 Å². The molecule has 0 amide bonds. The van der Waals surface area contributed by atoms with Crippen molar-refractivity contribution in [2.45, 2.75) is 20.3 Å². The first-order chi connectivity index (χ1) is 5.29. The zero-order chi connectivity index (χ0) is 8.27. The van der Waals surface area contributed by atoms with Crippen LogP contribution in [0.5, 0.6) is 0 Å². The summed E-state index contributed by atoms with van der Waals surface area (Å²) in [4.78, 5) is 4.26. The van der Waals surface area contributed by atoms with E-state index in [4.69, 9.17) is 0 Å². The van der Waals surface area contributed by atoms with E-state index >= 15 is 0 Å². The molecule has 11 heavy (non-hydrogen) atoms. The fraction of sp³-hybridized carbons (Fsp3) is 0.444. The fourth-order valence-electron chi connectivity index (χ4n) is 1.13. The molecule has 0 saturated carbocycles. The molecule has 0 aromatic carbocycles. The van der Waals surface area contributed by atoms with Crippen LogP contribution in [-0.2, 0) is 13.5 Å². The second kappa shape index (κ2) is 3.37. The van der Waals surface area contributed by atoms with Crippen LogP contribution in [0, 0.1) is 0 Å². The monoisotopic (exact) mass is 150 g/mol. The van der Waals surface area contributed by atoms with Crippen LogP contribution >= 0.6 is 0 Å². The lowest BCUT2D eigenvalue weighted by atomic mass is 10.2. The lowest BCUT2D eigenvalue weighted by molar-refractivity contribution is 0.899. The molecule has 2 nitrogen and oxygen atoms in total. The van der Waals surface area contributed by atoms with Gasteiger partial charge in [-0.25, -0.2) is 4.98 Å². The average molecular weight is 150 g/mol. The number of allylic oxidation sites excluding steroid dienone is 1. The molecule has 2 heteroatoms. The van der Waals surface area contributed by atoms with E-state index in [-0.39, 0.29) is 0 Å². The maximum absolute atomic E-state index is 4.26. The molecule has 60 valence electrons. The van der Waals surface area contributed by atoms with Gasteiger partial charge in [-0.05, 0) is 19.4 Å². The predicted octanol–water partition coefficient (Wildman–Crippen LogP) is 2.02. The van der Waals surface area contributed by atoms with Gasteiger partial charge in [0.05, 0.1) is 17.7 Å². The number of aromatic nitrogens is 2. The van der Waals surface area contributed by atoms with E-state index in [1.165, 1.54) is 11.4 Å². The van der Waals surface area contributed by atoms with Crippen LogP contribution in [0.25, 0.3) is 6.08 Å². The Morgan fingerprint density at radius 1 is 1.64 bits per heavy atom. The molecule has 0 aliphatic carbocycles. The van der Waals surface area contributed by atoms with Crippen molar-refractivity contribution < 1.29 is 0 Å². The lowest BCUT2D eigenvalue weighted by Gasteiger charge is -1.96. The van der Waals surface area contributed by atoms with E-state index in [9.17, 15) is 0 Å². The maximum atomic E-state index is 4.26. The first kappa shape index (κ1) is 8.05. The number of aryl methyl sites for hydroxylation is 2. The summed E-state index contributed by atoms with van der Waals surface area (Å²) in [7, 11) is 2.02. The molecular weight excluding hydrogens is 136 g/mol. The lowest BCUT2D eigenvalue weighted by Crippen LogP contribution is -1.90. The van der Waals surface area contributed by atoms with Gasteiger partial charge in [0.15, 0.2) is 0 Å². The van der Waals surface area contributed by atoms with Crippen molar-refractivity contribution in [3.63, 3.8) is 0 Å². The van der Waals surface area contributed by atoms with Gasteiger partial charge >= 0.3 is 0 Å². The van der Waals surface area contributed by atoms with E-state index in [0.29, 0.717) is 0 Å². The maximum Gasteiger partial charge on any atom is 0.0951 e. The number of hydrogen-bond donors (Lipinski definition) is 0. The second-order valence-electron chi connectivity index (χ2n) is 2.54. The summed E-state index contributed by atoms with van der Waals surface area (Å²) in [6, 6.07) is 0. The molecule has 1 heterocycles. The van der Waals surface area contributed by atoms with Gasteiger partial charge in [-0.15, -0.1) is 0 Å². The van der Waals surface area contributed by atoms with Gasteiger partial charge in [0.1, 0.15) is 0 Å². The normalized spacial score (nSPS) is 11.2. The Hall–Kier alpha value is -1.05. The molecule has 1 aromatic heterocycles. The summed E-state index contributed by atoms with van der Waals surface area (Å²) in [6.07, 6.45) is 6.98. The van der Waals surface area contributed by atoms with Crippen molar-refractivity contribution in [2.75, 3.05) is 0 Å². The van der Waals surface area contributed by atoms with Crippen molar-refractivity contribution in [1.29, 1.82) is 0 Å². The van der Waals surface area contributed by atoms with Gasteiger partial charge < -0.3 is 4.57 Å². The molecule has 0 radical (unpaired) electrons. The van der Waals surface area contributed by atoms with Gasteiger partial charge in [0.25, 0.3) is 0 Å². The quantitative estimate of drug-likeness (QED) is 0.630. The third-order valence-electron chi connectivity index (χ3n) is 1.72. The molecule has 0 aliphatic rings. The van der Waals surface area contributed by atoms with E-state index in [1.54, 1.807) is 0 Å². The van der Waals surface area contributed by atoms with Crippen LogP contribution in [0.15, 0.2) is 12.4 Å². The minimum absolute atomic E-state index is 1.00. The van der Waals surface area contributed by atoms with Crippen LogP contribution in [0.1, 0.15) is 25.2 Å². The molecule has 0 spiro atoms. The van der Waals surface area contributed by atoms with Gasteiger partial charge in [0, 0.05) is 7.05 Å². The Kier molecular flexibility index (Phi) is 2.47. The standard InChI is InChI=1S/C9H14N2/c1-4-6-9-8(5-2)10-7-11(9)3/h4,6-7H,5H2,1-3H3/b6-4-. The minimum atomic E-state index is 1.00. The zero-order valence-corrected chi connectivity index (χ0v) is 7.33. The van der Waals surface area contributed by atoms with Crippen molar-refractivity contribution >= 4 is 6.08 Å². The summed E-state index contributed by atoms with van der Waals surface area (Å²) >= 11 is 0. The molecule has 0 fully saturated rings. The number of nitrogens with zero attached hydrogens (tertiary/aromatic N) is 2. The average Bonchev–Trinajstić information content (AvgIpc) is 2.34. The zero-order valence-electron chi connectivity index (χ0n) is 7.33. The van der Waals surface area contributed by atoms with Crippen LogP contribution in [0.2, 0.25) is 0 Å². The van der Waals surface area contributed by atoms with Gasteiger partial charge in [-0.3, -0.25) is 0 Å². The van der Waals surface area contributed by atoms with E-state index < -0.39 is 0 Å². The molecule has 1 rings (SSSR count). The van der Waals surface area contributed by atoms with Gasteiger partial charge in [0.2, 0.25) is 0 Å². The smallest absolute Gasteiger partial charge is 0.0951 e. The molecule has 0 bridgehead atoms. The van der Waals surface area contributed by atoms with Crippen LogP contribution in [0.4, 0.5) is 0 Å². The summed E-state index contributed by atoms with van der Waals surface area (Å²) in [5.74, 6) is 0. The largest absolute Gasteiger partial charge is 0.334 e. The first-order valence-electron chi connectivity index (χ1n) is 3.92. The molecule has 0 saturated heterocycles. The van der Waals surface area contributed by atoms with E-state index in [1.807, 2.05) is 30.9 Å². The Labute approximate surface area is 67.6 Å². The van der Waals surface area contributed by atoms with Crippen molar-refractivity contribution in [1.82, 2.24) is 9.55 Å². The van der Waals surface area contributed by atoms with Crippen LogP contribution < -0.4 is 0 Å². The van der Waals surface area contributed by atoms with Crippen molar-refractivity contribution in [3.05, 3.63) is 23.8 Å². The van der Waals surface area contributed by atoms with Gasteiger partial charge in [-0.1, -0.05) is 13.0 Å². The Balaban J connectivity index is 3.07. The van der Waals surface area contributed by atoms with E-state index in [2.05, 4.69) is 18.0 Å². The molecule has 1 aromatic rings. The molecular formula is C9H14N2.